The molecule has 8 heteroatoms. The van der Waals surface area contributed by atoms with Crippen LogP contribution in [0.15, 0.2) is 22.7 Å². The number of carbonyl (C=O) groups is 2. The van der Waals surface area contributed by atoms with Gasteiger partial charge in [0.05, 0.1) is 18.2 Å². The molecule has 1 aromatic carbocycles. The minimum atomic E-state index is -4.54. The van der Waals surface area contributed by atoms with E-state index in [0.29, 0.717) is 0 Å². The number of hydrogen-bond acceptors (Lipinski definition) is 3. The number of hydrogen-bond donors (Lipinski definition) is 0. The monoisotopic (exact) mass is 353 g/mol. The second-order valence-electron chi connectivity index (χ2n) is 3.93. The SMILES string of the molecule is COC(=O)CN(C)C(=O)c1cc(C(F)(F)F)ccc1Br. The van der Waals surface area contributed by atoms with Gasteiger partial charge in [-0.15, -0.1) is 0 Å². The molecule has 0 aliphatic heterocycles. The van der Waals surface area contributed by atoms with Gasteiger partial charge in [0.1, 0.15) is 6.54 Å². The van der Waals surface area contributed by atoms with Gasteiger partial charge in [-0.2, -0.15) is 13.2 Å². The van der Waals surface area contributed by atoms with Crippen molar-refractivity contribution in [2.24, 2.45) is 0 Å². The number of likely N-dealkylation sites (N-methyl/N-ethyl adjacent to an activating group) is 1. The highest BCUT2D eigenvalue weighted by Gasteiger charge is 2.32. The van der Waals surface area contributed by atoms with Crippen LogP contribution in [0.5, 0.6) is 0 Å². The van der Waals surface area contributed by atoms with Crippen molar-refractivity contribution in [3.8, 4) is 0 Å². The number of rotatable bonds is 3. The number of ether oxygens (including phenoxy) is 1. The van der Waals surface area contributed by atoms with Gasteiger partial charge in [0, 0.05) is 11.5 Å². The first-order chi connectivity index (χ1) is 9.16. The summed E-state index contributed by atoms with van der Waals surface area (Å²) >= 11 is 3.02. The summed E-state index contributed by atoms with van der Waals surface area (Å²) in [5, 5.41) is 0. The van der Waals surface area contributed by atoms with Gasteiger partial charge in [0.25, 0.3) is 5.91 Å². The summed E-state index contributed by atoms with van der Waals surface area (Å²) in [5.74, 6) is -1.38. The molecule has 110 valence electrons. The topological polar surface area (TPSA) is 46.6 Å². The summed E-state index contributed by atoms with van der Waals surface area (Å²) in [7, 11) is 2.45. The van der Waals surface area contributed by atoms with Crippen LogP contribution in [-0.2, 0) is 15.7 Å². The molecule has 1 aromatic rings. The van der Waals surface area contributed by atoms with Crippen molar-refractivity contribution in [2.75, 3.05) is 20.7 Å². The Hall–Kier alpha value is -1.57. The van der Waals surface area contributed by atoms with Crippen LogP contribution in [0.3, 0.4) is 0 Å². The summed E-state index contributed by atoms with van der Waals surface area (Å²) in [5.41, 5.74) is -1.11. The first kappa shape index (κ1) is 16.5. The minimum Gasteiger partial charge on any atom is -0.468 e. The summed E-state index contributed by atoms with van der Waals surface area (Å²) in [6.45, 7) is -0.349. The van der Waals surface area contributed by atoms with E-state index in [4.69, 9.17) is 0 Å². The predicted molar refractivity (Wildman–Crippen MR) is 68.1 cm³/mol. The normalized spacial score (nSPS) is 11.1. The van der Waals surface area contributed by atoms with Crippen LogP contribution in [0, 0.1) is 0 Å². The number of methoxy groups -OCH3 is 1. The summed E-state index contributed by atoms with van der Waals surface area (Å²) < 4.78 is 42.4. The first-order valence-electron chi connectivity index (χ1n) is 5.36. The van der Waals surface area contributed by atoms with Gasteiger partial charge in [-0.05, 0) is 34.1 Å². The van der Waals surface area contributed by atoms with E-state index in [1.54, 1.807) is 0 Å². The minimum absolute atomic E-state index is 0.175. The molecule has 4 nitrogen and oxygen atoms in total. The van der Waals surface area contributed by atoms with Gasteiger partial charge < -0.3 is 9.64 Å². The molecule has 0 fully saturated rings. The standard InChI is InChI=1S/C12H11BrF3NO3/c1-17(6-10(18)20-2)11(19)8-5-7(12(14,15)16)3-4-9(8)13/h3-5H,6H2,1-2H3. The van der Waals surface area contributed by atoms with Crippen LogP contribution < -0.4 is 0 Å². The van der Waals surface area contributed by atoms with Gasteiger partial charge in [0.2, 0.25) is 0 Å². The molecule has 0 saturated carbocycles. The van der Waals surface area contributed by atoms with Crippen LogP contribution in [-0.4, -0.2) is 37.5 Å². The zero-order chi connectivity index (χ0) is 15.5. The second-order valence-corrected chi connectivity index (χ2v) is 4.78. The largest absolute Gasteiger partial charge is 0.468 e. The van der Waals surface area contributed by atoms with Gasteiger partial charge in [-0.25, -0.2) is 0 Å². The number of carbonyl (C=O) groups excluding carboxylic acids is 2. The third-order valence-corrected chi connectivity index (χ3v) is 3.16. The van der Waals surface area contributed by atoms with Crippen LogP contribution in [0.2, 0.25) is 0 Å². The predicted octanol–water partition coefficient (Wildman–Crippen LogP) is 2.71. The Morgan fingerprint density at radius 1 is 1.35 bits per heavy atom. The van der Waals surface area contributed by atoms with Crippen LogP contribution in [0.4, 0.5) is 13.2 Å². The van der Waals surface area contributed by atoms with Crippen molar-refractivity contribution in [3.05, 3.63) is 33.8 Å². The van der Waals surface area contributed by atoms with Crippen molar-refractivity contribution < 1.29 is 27.5 Å². The molecule has 20 heavy (non-hydrogen) atoms. The van der Waals surface area contributed by atoms with Crippen molar-refractivity contribution >= 4 is 27.8 Å². The Morgan fingerprint density at radius 2 is 1.95 bits per heavy atom. The highest BCUT2D eigenvalue weighted by atomic mass is 79.9. The molecule has 0 aliphatic rings. The van der Waals surface area contributed by atoms with Crippen molar-refractivity contribution in [3.63, 3.8) is 0 Å². The highest BCUT2D eigenvalue weighted by molar-refractivity contribution is 9.10. The number of amides is 1. The summed E-state index contributed by atoms with van der Waals surface area (Å²) in [6.07, 6.45) is -4.54. The van der Waals surface area contributed by atoms with E-state index in [9.17, 15) is 22.8 Å². The molecular formula is C12H11BrF3NO3. The van der Waals surface area contributed by atoms with Crippen molar-refractivity contribution in [1.29, 1.82) is 0 Å². The Balaban J connectivity index is 3.06. The van der Waals surface area contributed by atoms with Crippen molar-refractivity contribution in [1.82, 2.24) is 4.90 Å². The van der Waals surface area contributed by atoms with Crippen molar-refractivity contribution in [2.45, 2.75) is 6.18 Å². The Morgan fingerprint density at radius 3 is 2.45 bits per heavy atom. The molecule has 0 unspecified atom stereocenters. The maximum absolute atomic E-state index is 12.6. The van der Waals surface area contributed by atoms with E-state index in [1.807, 2.05) is 0 Å². The Kier molecular flexibility index (Phi) is 5.15. The smallest absolute Gasteiger partial charge is 0.416 e. The fraction of sp³-hybridized carbons (Fsp3) is 0.333. The molecule has 0 bridgehead atoms. The molecule has 0 aliphatic carbocycles. The van der Waals surface area contributed by atoms with E-state index in [-0.39, 0.29) is 16.6 Å². The van der Waals surface area contributed by atoms with E-state index < -0.39 is 23.6 Å². The Labute approximate surface area is 121 Å². The lowest BCUT2D eigenvalue weighted by Crippen LogP contribution is -2.33. The number of alkyl halides is 3. The molecule has 0 radical (unpaired) electrons. The fourth-order valence-electron chi connectivity index (χ4n) is 1.40. The Bertz CT molecular complexity index is 531. The van der Waals surface area contributed by atoms with Gasteiger partial charge in [0.15, 0.2) is 0 Å². The van der Waals surface area contributed by atoms with E-state index in [2.05, 4.69) is 20.7 Å². The molecule has 0 spiro atoms. The van der Waals surface area contributed by atoms with Crippen LogP contribution in [0.1, 0.15) is 15.9 Å². The van der Waals surface area contributed by atoms with Gasteiger partial charge in [-0.1, -0.05) is 0 Å². The molecule has 0 heterocycles. The second kappa shape index (κ2) is 6.25. The van der Waals surface area contributed by atoms with Crippen LogP contribution in [0.25, 0.3) is 0 Å². The van der Waals surface area contributed by atoms with E-state index >= 15 is 0 Å². The lowest BCUT2D eigenvalue weighted by molar-refractivity contribution is -0.141. The zero-order valence-electron chi connectivity index (χ0n) is 10.6. The van der Waals surface area contributed by atoms with Gasteiger partial charge in [-0.3, -0.25) is 9.59 Å². The lowest BCUT2D eigenvalue weighted by Gasteiger charge is -2.17. The molecule has 0 atom stereocenters. The quantitative estimate of drug-likeness (QED) is 0.785. The maximum Gasteiger partial charge on any atom is 0.416 e. The fourth-order valence-corrected chi connectivity index (χ4v) is 1.82. The number of benzene rings is 1. The highest BCUT2D eigenvalue weighted by Crippen LogP contribution is 2.32. The molecule has 1 amide bonds. The molecule has 0 saturated heterocycles. The zero-order valence-corrected chi connectivity index (χ0v) is 12.2. The summed E-state index contributed by atoms with van der Waals surface area (Å²) in [4.78, 5) is 24.1. The molecule has 0 aromatic heterocycles. The van der Waals surface area contributed by atoms with E-state index in [1.165, 1.54) is 7.05 Å². The molecule has 1 rings (SSSR count). The van der Waals surface area contributed by atoms with Crippen LogP contribution >= 0.6 is 15.9 Å². The summed E-state index contributed by atoms with van der Waals surface area (Å²) in [6, 6.07) is 2.74. The third kappa shape index (κ3) is 3.96. The molecule has 0 N–H and O–H groups in total. The average Bonchev–Trinajstić information content (AvgIpc) is 2.36. The maximum atomic E-state index is 12.6. The molecular weight excluding hydrogens is 343 g/mol. The first-order valence-corrected chi connectivity index (χ1v) is 6.15. The number of esters is 1. The van der Waals surface area contributed by atoms with Gasteiger partial charge >= 0.3 is 12.1 Å². The van der Waals surface area contributed by atoms with E-state index in [0.717, 1.165) is 30.2 Å². The number of nitrogens with zero attached hydrogens (tertiary/aromatic N) is 1. The number of halogens is 4. The lowest BCUT2D eigenvalue weighted by atomic mass is 10.1. The average molecular weight is 354 g/mol. The third-order valence-electron chi connectivity index (χ3n) is 2.46.